The molecule has 1 saturated carbocycles. The van der Waals surface area contributed by atoms with Crippen LogP contribution in [-0.4, -0.2) is 40.1 Å². The largest absolute Gasteiger partial charge is 0.353 e. The Labute approximate surface area is 154 Å². The van der Waals surface area contributed by atoms with Crippen molar-refractivity contribution in [3.8, 4) is 11.4 Å². The summed E-state index contributed by atoms with van der Waals surface area (Å²) in [5.74, 6) is 1.67. The van der Waals surface area contributed by atoms with E-state index in [0.717, 1.165) is 44.3 Å². The van der Waals surface area contributed by atoms with Crippen molar-refractivity contribution in [2.75, 3.05) is 13.1 Å². The van der Waals surface area contributed by atoms with E-state index in [1.165, 1.54) is 12.8 Å². The van der Waals surface area contributed by atoms with Gasteiger partial charge < -0.3 is 9.84 Å². The third kappa shape index (κ3) is 4.12. The van der Waals surface area contributed by atoms with Gasteiger partial charge in [-0.25, -0.2) is 0 Å². The summed E-state index contributed by atoms with van der Waals surface area (Å²) >= 11 is 0. The second kappa shape index (κ2) is 7.99. The zero-order valence-electron chi connectivity index (χ0n) is 15.1. The first-order chi connectivity index (χ1) is 12.8. The number of hydrogen-bond donors (Lipinski definition) is 1. The number of carbonyl (C=O) groups excluding carboxylic acids is 1. The van der Waals surface area contributed by atoms with E-state index in [4.69, 9.17) is 4.52 Å². The normalized spacial score (nSPS) is 19.7. The van der Waals surface area contributed by atoms with Crippen molar-refractivity contribution >= 4 is 5.91 Å². The van der Waals surface area contributed by atoms with Crippen LogP contribution in [0, 0.1) is 5.92 Å². The van der Waals surface area contributed by atoms with Gasteiger partial charge in [-0.15, -0.1) is 0 Å². The maximum Gasteiger partial charge on any atom is 0.241 e. The van der Waals surface area contributed by atoms with E-state index < -0.39 is 0 Å². The van der Waals surface area contributed by atoms with E-state index in [-0.39, 0.29) is 11.8 Å². The van der Waals surface area contributed by atoms with E-state index in [1.54, 1.807) is 0 Å². The number of piperidine rings is 1. The molecule has 4 rings (SSSR count). The summed E-state index contributed by atoms with van der Waals surface area (Å²) in [6, 6.07) is 10.3. The number of hydrogen-bond acceptors (Lipinski definition) is 5. The molecule has 0 radical (unpaired) electrons. The Morgan fingerprint density at radius 3 is 2.58 bits per heavy atom. The molecule has 6 heteroatoms. The molecule has 2 heterocycles. The SMILES string of the molecule is O=C(NC1CCCC1)C1CCN(Cc2nc(-c3ccccc3)no2)CC1. The van der Waals surface area contributed by atoms with Crippen molar-refractivity contribution in [2.45, 2.75) is 51.1 Å². The molecule has 2 aliphatic rings. The average Bonchev–Trinajstić information content (AvgIpc) is 3.35. The fraction of sp³-hybridized carbons (Fsp3) is 0.550. The van der Waals surface area contributed by atoms with Gasteiger partial charge in [0, 0.05) is 17.5 Å². The Kier molecular flexibility index (Phi) is 5.29. The molecule has 2 fully saturated rings. The lowest BCUT2D eigenvalue weighted by molar-refractivity contribution is -0.127. The summed E-state index contributed by atoms with van der Waals surface area (Å²) in [7, 11) is 0. The van der Waals surface area contributed by atoms with Crippen LogP contribution in [0.4, 0.5) is 0 Å². The lowest BCUT2D eigenvalue weighted by Crippen LogP contribution is -2.43. The Bertz CT molecular complexity index is 716. The predicted octanol–water partition coefficient (Wildman–Crippen LogP) is 3.01. The summed E-state index contributed by atoms with van der Waals surface area (Å²) in [6.07, 6.45) is 6.59. The van der Waals surface area contributed by atoms with Gasteiger partial charge in [-0.05, 0) is 38.8 Å². The van der Waals surface area contributed by atoms with E-state index in [2.05, 4.69) is 20.4 Å². The molecule has 0 unspecified atom stereocenters. The number of nitrogens with zero attached hydrogens (tertiary/aromatic N) is 3. The first-order valence-corrected chi connectivity index (χ1v) is 9.68. The van der Waals surface area contributed by atoms with Gasteiger partial charge in [0.2, 0.25) is 17.6 Å². The quantitative estimate of drug-likeness (QED) is 0.894. The summed E-state index contributed by atoms with van der Waals surface area (Å²) in [4.78, 5) is 19.2. The maximum atomic E-state index is 12.4. The van der Waals surface area contributed by atoms with Gasteiger partial charge in [0.1, 0.15) is 0 Å². The van der Waals surface area contributed by atoms with Crippen molar-refractivity contribution in [3.05, 3.63) is 36.2 Å². The van der Waals surface area contributed by atoms with Gasteiger partial charge in [-0.1, -0.05) is 48.3 Å². The number of aromatic nitrogens is 2. The summed E-state index contributed by atoms with van der Waals surface area (Å²) in [5.41, 5.74) is 0.963. The summed E-state index contributed by atoms with van der Waals surface area (Å²) in [5, 5.41) is 7.31. The van der Waals surface area contributed by atoms with Gasteiger partial charge >= 0.3 is 0 Å². The molecule has 1 N–H and O–H groups in total. The molecule has 1 saturated heterocycles. The number of nitrogens with one attached hydrogen (secondary N) is 1. The van der Waals surface area contributed by atoms with E-state index in [0.29, 0.717) is 24.3 Å². The van der Waals surface area contributed by atoms with Crippen molar-refractivity contribution in [1.29, 1.82) is 0 Å². The lowest BCUT2D eigenvalue weighted by atomic mass is 9.95. The highest BCUT2D eigenvalue weighted by Gasteiger charge is 2.28. The Balaban J connectivity index is 1.26. The van der Waals surface area contributed by atoms with E-state index in [9.17, 15) is 4.79 Å². The average molecular weight is 354 g/mol. The molecule has 2 aromatic rings. The molecule has 0 atom stereocenters. The smallest absolute Gasteiger partial charge is 0.241 e. The van der Waals surface area contributed by atoms with Crippen LogP contribution in [0.5, 0.6) is 0 Å². The highest BCUT2D eigenvalue weighted by Crippen LogP contribution is 2.22. The van der Waals surface area contributed by atoms with E-state index >= 15 is 0 Å². The number of amides is 1. The van der Waals surface area contributed by atoms with Crippen LogP contribution >= 0.6 is 0 Å². The molecule has 26 heavy (non-hydrogen) atoms. The maximum absolute atomic E-state index is 12.4. The van der Waals surface area contributed by atoms with Crippen LogP contribution in [0.3, 0.4) is 0 Å². The molecule has 1 aliphatic carbocycles. The topological polar surface area (TPSA) is 71.3 Å². The molecule has 1 aromatic heterocycles. The number of benzene rings is 1. The monoisotopic (exact) mass is 354 g/mol. The standard InChI is InChI=1S/C20H26N4O2/c25-20(21-17-8-4-5-9-17)16-10-12-24(13-11-16)14-18-22-19(23-26-18)15-6-2-1-3-7-15/h1-3,6-7,16-17H,4-5,8-14H2,(H,21,25). The number of likely N-dealkylation sites (tertiary alicyclic amines) is 1. The molecule has 0 spiro atoms. The molecule has 138 valence electrons. The van der Waals surface area contributed by atoms with Crippen LogP contribution in [-0.2, 0) is 11.3 Å². The predicted molar refractivity (Wildman–Crippen MR) is 98.1 cm³/mol. The summed E-state index contributed by atoms with van der Waals surface area (Å²) < 4.78 is 5.40. The Morgan fingerprint density at radius 1 is 1.12 bits per heavy atom. The Morgan fingerprint density at radius 2 is 1.85 bits per heavy atom. The van der Waals surface area contributed by atoms with Crippen molar-refractivity contribution in [1.82, 2.24) is 20.4 Å². The minimum Gasteiger partial charge on any atom is -0.353 e. The minimum absolute atomic E-state index is 0.148. The first kappa shape index (κ1) is 17.2. The second-order valence-corrected chi connectivity index (χ2v) is 7.42. The van der Waals surface area contributed by atoms with Gasteiger partial charge in [0.05, 0.1) is 6.54 Å². The lowest BCUT2D eigenvalue weighted by Gasteiger charge is -2.30. The van der Waals surface area contributed by atoms with E-state index in [1.807, 2.05) is 30.3 Å². The molecule has 1 amide bonds. The highest BCUT2D eigenvalue weighted by molar-refractivity contribution is 5.79. The van der Waals surface area contributed by atoms with Crippen molar-refractivity contribution in [3.63, 3.8) is 0 Å². The van der Waals surface area contributed by atoms with Gasteiger partial charge in [-0.2, -0.15) is 4.98 Å². The minimum atomic E-state index is 0.148. The molecule has 1 aliphatic heterocycles. The van der Waals surface area contributed by atoms with Gasteiger partial charge in [-0.3, -0.25) is 9.69 Å². The van der Waals surface area contributed by atoms with Crippen molar-refractivity contribution < 1.29 is 9.32 Å². The number of rotatable bonds is 5. The fourth-order valence-electron chi connectivity index (χ4n) is 3.96. The van der Waals surface area contributed by atoms with Crippen LogP contribution in [0.1, 0.15) is 44.4 Å². The Hall–Kier alpha value is -2.21. The van der Waals surface area contributed by atoms with Crippen LogP contribution in [0.25, 0.3) is 11.4 Å². The zero-order chi connectivity index (χ0) is 17.8. The molecular formula is C20H26N4O2. The van der Waals surface area contributed by atoms with Gasteiger partial charge in [0.25, 0.3) is 0 Å². The molecular weight excluding hydrogens is 328 g/mol. The van der Waals surface area contributed by atoms with Crippen molar-refractivity contribution in [2.24, 2.45) is 5.92 Å². The van der Waals surface area contributed by atoms with Crippen LogP contribution in [0.15, 0.2) is 34.9 Å². The van der Waals surface area contributed by atoms with Crippen LogP contribution in [0.2, 0.25) is 0 Å². The number of carbonyl (C=O) groups is 1. The molecule has 0 bridgehead atoms. The highest BCUT2D eigenvalue weighted by atomic mass is 16.5. The van der Waals surface area contributed by atoms with Crippen LogP contribution < -0.4 is 5.32 Å². The van der Waals surface area contributed by atoms with Gasteiger partial charge in [0.15, 0.2) is 0 Å². The summed E-state index contributed by atoms with van der Waals surface area (Å²) in [6.45, 7) is 2.44. The third-order valence-electron chi connectivity index (χ3n) is 5.52. The molecule has 1 aromatic carbocycles. The molecule has 6 nitrogen and oxygen atoms in total. The zero-order valence-corrected chi connectivity index (χ0v) is 15.1. The first-order valence-electron chi connectivity index (χ1n) is 9.68. The second-order valence-electron chi connectivity index (χ2n) is 7.42. The fourth-order valence-corrected chi connectivity index (χ4v) is 3.96. The third-order valence-corrected chi connectivity index (χ3v) is 5.52.